The summed E-state index contributed by atoms with van der Waals surface area (Å²) in [5, 5.41) is 5.25. The minimum Gasteiger partial charge on any atom is -0.484 e. The highest BCUT2D eigenvalue weighted by molar-refractivity contribution is 5.84. The molecular formula is C26H24N2O3. The first-order valence-electron chi connectivity index (χ1n) is 10.5. The lowest BCUT2D eigenvalue weighted by atomic mass is 10.1. The van der Waals surface area contributed by atoms with Gasteiger partial charge in [0.25, 0.3) is 5.91 Å². The van der Waals surface area contributed by atoms with Gasteiger partial charge in [0.2, 0.25) is 0 Å². The van der Waals surface area contributed by atoms with Gasteiger partial charge in [-0.25, -0.2) is 0 Å². The smallest absolute Gasteiger partial charge is 0.258 e. The summed E-state index contributed by atoms with van der Waals surface area (Å²) in [5.41, 5.74) is 2.52. The Morgan fingerprint density at radius 1 is 1.00 bits per heavy atom. The van der Waals surface area contributed by atoms with Gasteiger partial charge in [-0.3, -0.25) is 4.79 Å². The minimum absolute atomic E-state index is 0.0280. The third-order valence-corrected chi connectivity index (χ3v) is 5.75. The van der Waals surface area contributed by atoms with Gasteiger partial charge in [-0.05, 0) is 53.1 Å². The number of benzene rings is 3. The zero-order valence-corrected chi connectivity index (χ0v) is 17.2. The molecule has 1 N–H and O–H groups in total. The Labute approximate surface area is 181 Å². The van der Waals surface area contributed by atoms with Crippen LogP contribution in [-0.2, 0) is 11.2 Å². The molecule has 1 aromatic heterocycles. The average molecular weight is 412 g/mol. The maximum Gasteiger partial charge on any atom is 0.258 e. The molecule has 0 spiro atoms. The molecule has 0 saturated carbocycles. The van der Waals surface area contributed by atoms with E-state index < -0.39 is 0 Å². The highest BCUT2D eigenvalue weighted by Gasteiger charge is 2.29. The summed E-state index contributed by atoms with van der Waals surface area (Å²) < 4.78 is 11.4. The lowest BCUT2D eigenvalue weighted by Crippen LogP contribution is -2.39. The summed E-state index contributed by atoms with van der Waals surface area (Å²) in [6.45, 7) is 1.32. The zero-order valence-electron chi connectivity index (χ0n) is 17.2. The maximum atomic E-state index is 12.5. The molecule has 5 rings (SSSR count). The molecule has 1 atom stereocenters. The van der Waals surface area contributed by atoms with Crippen LogP contribution in [0.3, 0.4) is 0 Å². The highest BCUT2D eigenvalue weighted by Crippen LogP contribution is 2.35. The number of nitrogens with one attached hydrogen (secondary N) is 1. The molecule has 0 saturated heterocycles. The zero-order chi connectivity index (χ0) is 21.0. The quantitative estimate of drug-likeness (QED) is 0.477. The van der Waals surface area contributed by atoms with Gasteiger partial charge in [0.05, 0.1) is 6.26 Å². The topological polar surface area (TPSA) is 54.7 Å². The van der Waals surface area contributed by atoms with E-state index >= 15 is 0 Å². The SMILES string of the molecule is O=C(COc1ccc2ccccc2c1)NC[C@H](c1ccco1)N1CCc2ccccc21. The molecule has 3 aromatic carbocycles. The van der Waals surface area contributed by atoms with Crippen LogP contribution < -0.4 is 15.0 Å². The van der Waals surface area contributed by atoms with Crippen LogP contribution in [0, 0.1) is 0 Å². The fourth-order valence-corrected chi connectivity index (χ4v) is 4.20. The number of amides is 1. The van der Waals surface area contributed by atoms with Crippen LogP contribution >= 0.6 is 0 Å². The molecule has 1 amide bonds. The van der Waals surface area contributed by atoms with Crippen molar-refractivity contribution in [1.82, 2.24) is 5.32 Å². The fraction of sp³-hybridized carbons (Fsp3) is 0.192. The van der Waals surface area contributed by atoms with Crippen molar-refractivity contribution >= 4 is 22.4 Å². The maximum absolute atomic E-state index is 12.5. The van der Waals surface area contributed by atoms with Crippen LogP contribution in [0.25, 0.3) is 10.8 Å². The Balaban J connectivity index is 1.23. The van der Waals surface area contributed by atoms with Crippen molar-refractivity contribution in [2.75, 3.05) is 24.6 Å². The summed E-state index contributed by atoms with van der Waals surface area (Å²) in [4.78, 5) is 14.8. The molecule has 31 heavy (non-hydrogen) atoms. The first-order valence-corrected chi connectivity index (χ1v) is 10.5. The van der Waals surface area contributed by atoms with Gasteiger partial charge in [-0.15, -0.1) is 0 Å². The highest BCUT2D eigenvalue weighted by atomic mass is 16.5. The van der Waals surface area contributed by atoms with Crippen molar-refractivity contribution in [3.63, 3.8) is 0 Å². The number of carbonyl (C=O) groups excluding carboxylic acids is 1. The van der Waals surface area contributed by atoms with Crippen LogP contribution in [0.4, 0.5) is 5.69 Å². The number of hydrogen-bond donors (Lipinski definition) is 1. The predicted molar refractivity (Wildman–Crippen MR) is 121 cm³/mol. The van der Waals surface area contributed by atoms with Crippen LogP contribution in [-0.4, -0.2) is 25.6 Å². The van der Waals surface area contributed by atoms with Crippen molar-refractivity contribution in [1.29, 1.82) is 0 Å². The van der Waals surface area contributed by atoms with Crippen LogP contribution in [0.15, 0.2) is 89.5 Å². The van der Waals surface area contributed by atoms with Gasteiger partial charge in [0.15, 0.2) is 6.61 Å². The number of fused-ring (bicyclic) bond motifs is 2. The minimum atomic E-state index is -0.155. The molecule has 2 heterocycles. The molecule has 5 heteroatoms. The molecule has 0 bridgehead atoms. The number of ether oxygens (including phenoxy) is 1. The standard InChI is InChI=1S/C26H24N2O3/c29-26(18-31-22-12-11-19-6-1-2-8-21(19)16-22)27-17-24(25-10-5-15-30-25)28-14-13-20-7-3-4-9-23(20)28/h1-12,15-16,24H,13-14,17-18H2,(H,27,29)/t24-/m1/s1. The number of rotatable bonds is 7. The van der Waals surface area contributed by atoms with E-state index in [2.05, 4.69) is 34.5 Å². The largest absolute Gasteiger partial charge is 0.484 e. The fourth-order valence-electron chi connectivity index (χ4n) is 4.20. The van der Waals surface area contributed by atoms with E-state index in [9.17, 15) is 4.79 Å². The van der Waals surface area contributed by atoms with Crippen molar-refractivity contribution < 1.29 is 13.9 Å². The Kier molecular flexibility index (Phi) is 5.31. The lowest BCUT2D eigenvalue weighted by Gasteiger charge is -2.29. The van der Waals surface area contributed by atoms with Gasteiger partial charge in [0, 0.05) is 18.8 Å². The normalized spacial score (nSPS) is 13.7. The van der Waals surface area contributed by atoms with Crippen molar-refractivity contribution in [2.45, 2.75) is 12.5 Å². The van der Waals surface area contributed by atoms with E-state index in [1.54, 1.807) is 6.26 Å². The molecule has 1 aliphatic rings. The van der Waals surface area contributed by atoms with E-state index in [1.165, 1.54) is 11.3 Å². The molecule has 156 valence electrons. The van der Waals surface area contributed by atoms with Crippen molar-refractivity contribution in [2.24, 2.45) is 0 Å². The number of nitrogens with zero attached hydrogens (tertiary/aromatic N) is 1. The van der Waals surface area contributed by atoms with Gasteiger partial charge in [0.1, 0.15) is 17.6 Å². The van der Waals surface area contributed by atoms with E-state index in [-0.39, 0.29) is 18.6 Å². The number of carbonyl (C=O) groups is 1. The summed E-state index contributed by atoms with van der Waals surface area (Å²) in [5.74, 6) is 1.37. The van der Waals surface area contributed by atoms with Crippen LogP contribution in [0.1, 0.15) is 17.4 Å². The third kappa shape index (κ3) is 4.12. The molecule has 0 fully saturated rings. The first kappa shape index (κ1) is 19.2. The van der Waals surface area contributed by atoms with Gasteiger partial charge < -0.3 is 19.4 Å². The summed E-state index contributed by atoms with van der Waals surface area (Å²) in [6.07, 6.45) is 2.67. The van der Waals surface area contributed by atoms with Gasteiger partial charge in [-0.2, -0.15) is 0 Å². The monoisotopic (exact) mass is 412 g/mol. The lowest BCUT2D eigenvalue weighted by molar-refractivity contribution is -0.123. The molecular weight excluding hydrogens is 388 g/mol. The summed E-state index contributed by atoms with van der Waals surface area (Å²) in [6, 6.07) is 26.1. The Morgan fingerprint density at radius 3 is 2.71 bits per heavy atom. The Hall–Kier alpha value is -3.73. The molecule has 0 aliphatic carbocycles. The first-order chi connectivity index (χ1) is 15.3. The van der Waals surface area contributed by atoms with Crippen LogP contribution in [0.2, 0.25) is 0 Å². The third-order valence-electron chi connectivity index (χ3n) is 5.75. The van der Waals surface area contributed by atoms with Gasteiger partial charge >= 0.3 is 0 Å². The number of furan rings is 1. The second kappa shape index (κ2) is 8.56. The Bertz CT molecular complexity index is 1190. The van der Waals surface area contributed by atoms with E-state index in [0.717, 1.165) is 29.5 Å². The number of para-hydroxylation sites is 1. The molecule has 5 nitrogen and oxygen atoms in total. The second-order valence-corrected chi connectivity index (χ2v) is 7.71. The van der Waals surface area contributed by atoms with Crippen molar-refractivity contribution in [3.05, 3.63) is 96.4 Å². The average Bonchev–Trinajstić information content (AvgIpc) is 3.49. The summed E-state index contributed by atoms with van der Waals surface area (Å²) in [7, 11) is 0. The Morgan fingerprint density at radius 2 is 1.84 bits per heavy atom. The summed E-state index contributed by atoms with van der Waals surface area (Å²) >= 11 is 0. The molecule has 0 unspecified atom stereocenters. The number of hydrogen-bond acceptors (Lipinski definition) is 4. The van der Waals surface area contributed by atoms with Crippen molar-refractivity contribution in [3.8, 4) is 5.75 Å². The van der Waals surface area contributed by atoms with E-state index in [1.807, 2.05) is 54.6 Å². The second-order valence-electron chi connectivity index (χ2n) is 7.71. The predicted octanol–water partition coefficient (Wildman–Crippen LogP) is 4.73. The van der Waals surface area contributed by atoms with E-state index in [4.69, 9.17) is 9.15 Å². The number of anilines is 1. The molecule has 4 aromatic rings. The van der Waals surface area contributed by atoms with Crippen LogP contribution in [0.5, 0.6) is 5.75 Å². The molecule has 1 aliphatic heterocycles. The molecule has 0 radical (unpaired) electrons. The van der Waals surface area contributed by atoms with E-state index in [0.29, 0.717) is 12.3 Å². The van der Waals surface area contributed by atoms with Gasteiger partial charge in [-0.1, -0.05) is 48.5 Å².